The van der Waals surface area contributed by atoms with Crippen LogP contribution in [-0.4, -0.2) is 41.2 Å². The van der Waals surface area contributed by atoms with Gasteiger partial charge in [0.2, 0.25) is 0 Å². The highest BCUT2D eigenvalue weighted by Gasteiger charge is 2.47. The second kappa shape index (κ2) is 3.16. The van der Waals surface area contributed by atoms with Crippen LogP contribution in [0.4, 0.5) is 4.79 Å². The maximum atomic E-state index is 10.4. The molecule has 5 nitrogen and oxygen atoms in total. The van der Waals surface area contributed by atoms with Crippen molar-refractivity contribution in [2.75, 3.05) is 6.61 Å². The van der Waals surface area contributed by atoms with Crippen LogP contribution in [0.2, 0.25) is 0 Å². The summed E-state index contributed by atoms with van der Waals surface area (Å²) in [5.41, 5.74) is 0. The highest BCUT2D eigenvalue weighted by molar-refractivity contribution is 5.65. The Labute approximate surface area is 75.7 Å². The fourth-order valence-corrected chi connectivity index (χ4v) is 2.25. The molecule has 4 unspecified atom stereocenters. The average molecular weight is 187 g/mol. The van der Waals surface area contributed by atoms with E-state index in [4.69, 9.17) is 14.9 Å². The van der Waals surface area contributed by atoms with E-state index in [0.29, 0.717) is 6.42 Å². The first-order valence-corrected chi connectivity index (χ1v) is 4.46. The third-order valence-corrected chi connectivity index (χ3v) is 2.89. The minimum absolute atomic E-state index is 0.0294. The number of carbonyl (C=O) groups is 1. The van der Waals surface area contributed by atoms with E-state index >= 15 is 0 Å². The van der Waals surface area contributed by atoms with Crippen molar-refractivity contribution in [3.63, 3.8) is 0 Å². The highest BCUT2D eigenvalue weighted by Crippen LogP contribution is 2.38. The fraction of sp³-hybridized carbons (Fsp3) is 0.875. The summed E-state index contributed by atoms with van der Waals surface area (Å²) < 4.78 is 5.50. The summed E-state index contributed by atoms with van der Waals surface area (Å²) in [6.45, 7) is 0.140. The van der Waals surface area contributed by atoms with Crippen LogP contribution in [0.1, 0.15) is 12.8 Å². The zero-order valence-corrected chi connectivity index (χ0v) is 7.14. The van der Waals surface area contributed by atoms with Gasteiger partial charge in [-0.1, -0.05) is 0 Å². The van der Waals surface area contributed by atoms with E-state index in [1.807, 2.05) is 0 Å². The fourth-order valence-electron chi connectivity index (χ4n) is 2.25. The van der Waals surface area contributed by atoms with Gasteiger partial charge in [0, 0.05) is 12.5 Å². The number of fused-ring (bicyclic) bond motifs is 2. The van der Waals surface area contributed by atoms with E-state index in [0.717, 1.165) is 6.42 Å². The van der Waals surface area contributed by atoms with Gasteiger partial charge in [-0.15, -0.1) is 0 Å². The molecule has 74 valence electrons. The minimum atomic E-state index is -0.998. The number of rotatable bonds is 2. The molecule has 0 saturated carbocycles. The summed E-state index contributed by atoms with van der Waals surface area (Å²) in [5, 5.41) is 19.9. The first-order valence-electron chi connectivity index (χ1n) is 4.46. The van der Waals surface area contributed by atoms with Crippen molar-refractivity contribution in [2.24, 2.45) is 5.92 Å². The van der Waals surface area contributed by atoms with Crippen LogP contribution >= 0.6 is 0 Å². The van der Waals surface area contributed by atoms with Crippen molar-refractivity contribution >= 4 is 6.09 Å². The van der Waals surface area contributed by atoms with Crippen LogP contribution in [-0.2, 0) is 4.74 Å². The van der Waals surface area contributed by atoms with Crippen molar-refractivity contribution in [2.45, 2.75) is 31.1 Å². The smallest absolute Gasteiger partial charge is 0.404 e. The molecule has 2 aliphatic rings. The summed E-state index contributed by atoms with van der Waals surface area (Å²) in [5.74, 6) is 0.205. The number of ether oxygens (including phenoxy) is 1. The summed E-state index contributed by atoms with van der Waals surface area (Å²) in [7, 11) is 0. The first kappa shape index (κ1) is 8.77. The number of aliphatic hydroxyl groups is 1. The van der Waals surface area contributed by atoms with Gasteiger partial charge in [-0.25, -0.2) is 4.79 Å². The standard InChI is InChI=1S/C8H13NO4/c10-3-4-1-7-5(9-8(11)12)2-6(4)13-7/h4-7,9-10H,1-3H2,(H,11,12). The molecule has 0 radical (unpaired) electrons. The van der Waals surface area contributed by atoms with E-state index in [1.54, 1.807) is 0 Å². The van der Waals surface area contributed by atoms with Crippen molar-refractivity contribution < 1.29 is 19.7 Å². The third kappa shape index (κ3) is 1.49. The summed E-state index contributed by atoms with van der Waals surface area (Å²) >= 11 is 0. The Bertz CT molecular complexity index is 220. The molecule has 4 atom stereocenters. The molecule has 13 heavy (non-hydrogen) atoms. The van der Waals surface area contributed by atoms with Crippen LogP contribution in [0.25, 0.3) is 0 Å². The molecule has 5 heteroatoms. The van der Waals surface area contributed by atoms with E-state index in [2.05, 4.69) is 5.32 Å². The van der Waals surface area contributed by atoms with Crippen molar-refractivity contribution in [1.82, 2.24) is 5.32 Å². The Balaban J connectivity index is 1.91. The zero-order valence-electron chi connectivity index (χ0n) is 7.14. The van der Waals surface area contributed by atoms with Crippen LogP contribution in [0.15, 0.2) is 0 Å². The third-order valence-electron chi connectivity index (χ3n) is 2.89. The van der Waals surface area contributed by atoms with Gasteiger partial charge in [0.15, 0.2) is 0 Å². The summed E-state index contributed by atoms with van der Waals surface area (Å²) in [6, 6.07) is -0.0784. The summed E-state index contributed by atoms with van der Waals surface area (Å²) in [6.07, 6.45) is 0.487. The van der Waals surface area contributed by atoms with E-state index in [9.17, 15) is 4.79 Å². The van der Waals surface area contributed by atoms with Crippen LogP contribution < -0.4 is 5.32 Å². The maximum Gasteiger partial charge on any atom is 0.404 e. The van der Waals surface area contributed by atoms with Crippen molar-refractivity contribution in [1.29, 1.82) is 0 Å². The Morgan fingerprint density at radius 2 is 2.23 bits per heavy atom. The van der Waals surface area contributed by atoms with Gasteiger partial charge < -0.3 is 20.3 Å². The predicted octanol–water partition coefficient (Wildman–Crippen LogP) is -0.208. The second-order valence-corrected chi connectivity index (χ2v) is 3.68. The lowest BCUT2D eigenvalue weighted by Crippen LogP contribution is -2.42. The molecule has 2 heterocycles. The number of aliphatic hydroxyl groups excluding tert-OH is 1. The first-order chi connectivity index (χ1) is 6.20. The molecule has 2 bridgehead atoms. The Kier molecular flexibility index (Phi) is 2.13. The molecule has 0 spiro atoms. The quantitative estimate of drug-likeness (QED) is 0.559. The number of hydrogen-bond donors (Lipinski definition) is 3. The van der Waals surface area contributed by atoms with Crippen molar-refractivity contribution in [3.05, 3.63) is 0 Å². The van der Waals surface area contributed by atoms with E-state index < -0.39 is 6.09 Å². The SMILES string of the molecule is O=C(O)NC1CC2OC1CC2CO. The monoisotopic (exact) mass is 187 g/mol. The molecule has 2 rings (SSSR count). The normalized spacial score (nSPS) is 42.2. The van der Waals surface area contributed by atoms with Crippen LogP contribution in [0.3, 0.4) is 0 Å². The van der Waals surface area contributed by atoms with Gasteiger partial charge in [0.05, 0.1) is 18.2 Å². The number of amides is 1. The molecule has 2 saturated heterocycles. The second-order valence-electron chi connectivity index (χ2n) is 3.68. The topological polar surface area (TPSA) is 78.8 Å². The maximum absolute atomic E-state index is 10.4. The molecule has 0 aliphatic carbocycles. The van der Waals surface area contributed by atoms with Crippen molar-refractivity contribution in [3.8, 4) is 0 Å². The van der Waals surface area contributed by atoms with E-state index in [1.165, 1.54) is 0 Å². The molecule has 2 fully saturated rings. The van der Waals surface area contributed by atoms with Crippen LogP contribution in [0, 0.1) is 5.92 Å². The summed E-state index contributed by atoms with van der Waals surface area (Å²) in [4.78, 5) is 10.4. The number of carboxylic acid groups (broad SMARTS) is 1. The van der Waals surface area contributed by atoms with Gasteiger partial charge in [0.25, 0.3) is 0 Å². The Morgan fingerprint density at radius 1 is 1.46 bits per heavy atom. The molecular formula is C8H13NO4. The largest absolute Gasteiger partial charge is 0.465 e. The molecular weight excluding hydrogens is 174 g/mol. The molecule has 0 aromatic heterocycles. The molecule has 0 aromatic carbocycles. The van der Waals surface area contributed by atoms with Gasteiger partial charge >= 0.3 is 6.09 Å². The highest BCUT2D eigenvalue weighted by atomic mass is 16.5. The molecule has 3 N–H and O–H groups in total. The van der Waals surface area contributed by atoms with Gasteiger partial charge in [-0.3, -0.25) is 0 Å². The molecule has 1 amide bonds. The Hall–Kier alpha value is -0.810. The zero-order chi connectivity index (χ0) is 9.42. The Morgan fingerprint density at radius 3 is 2.69 bits per heavy atom. The lowest BCUT2D eigenvalue weighted by atomic mass is 9.87. The lowest BCUT2D eigenvalue weighted by Gasteiger charge is -2.22. The molecule has 2 aliphatic heterocycles. The number of hydrogen-bond acceptors (Lipinski definition) is 3. The van der Waals surface area contributed by atoms with Gasteiger partial charge in [-0.05, 0) is 12.8 Å². The minimum Gasteiger partial charge on any atom is -0.465 e. The molecule has 0 aromatic rings. The van der Waals surface area contributed by atoms with Crippen LogP contribution in [0.5, 0.6) is 0 Å². The predicted molar refractivity (Wildman–Crippen MR) is 43.4 cm³/mol. The van der Waals surface area contributed by atoms with Gasteiger partial charge in [0.1, 0.15) is 0 Å². The lowest BCUT2D eigenvalue weighted by molar-refractivity contribution is 0.0767. The van der Waals surface area contributed by atoms with Gasteiger partial charge in [-0.2, -0.15) is 0 Å². The number of nitrogens with one attached hydrogen (secondary N) is 1. The average Bonchev–Trinajstić information content (AvgIpc) is 2.60. The van der Waals surface area contributed by atoms with E-state index in [-0.39, 0.29) is 30.8 Å².